The van der Waals surface area contributed by atoms with Crippen LogP contribution in [0.4, 0.5) is 5.69 Å². The van der Waals surface area contributed by atoms with Gasteiger partial charge in [0.05, 0.1) is 6.54 Å². The van der Waals surface area contributed by atoms with Crippen LogP contribution >= 0.6 is 0 Å². The average Bonchev–Trinajstić information content (AvgIpc) is 3.09. The molecule has 0 radical (unpaired) electrons. The number of anilines is 1. The number of para-hydroxylation sites is 1. The molecule has 5 heteroatoms. The largest absolute Gasteiger partial charge is 0.354 e. The number of aromatic nitrogens is 1. The van der Waals surface area contributed by atoms with Crippen molar-refractivity contribution < 1.29 is 9.59 Å². The Kier molecular flexibility index (Phi) is 5.38. The van der Waals surface area contributed by atoms with E-state index in [1.807, 2.05) is 73.9 Å². The first-order valence-electron chi connectivity index (χ1n) is 11.0. The normalized spacial score (nSPS) is 18.5. The maximum Gasteiger partial charge on any atom is 0.275 e. The topological polar surface area (TPSA) is 54.3 Å². The number of nitrogens with zero attached hydrogens (tertiary/aromatic N) is 2. The zero-order valence-electron chi connectivity index (χ0n) is 19.0. The fourth-order valence-corrected chi connectivity index (χ4v) is 4.38. The third-order valence-electron chi connectivity index (χ3n) is 6.44. The number of fused-ring (bicyclic) bond motifs is 3. The van der Waals surface area contributed by atoms with E-state index in [0.29, 0.717) is 24.7 Å². The van der Waals surface area contributed by atoms with Gasteiger partial charge in [-0.1, -0.05) is 38.1 Å². The van der Waals surface area contributed by atoms with Gasteiger partial charge in [-0.2, -0.15) is 0 Å². The highest BCUT2D eigenvalue weighted by Crippen LogP contribution is 2.36. The Morgan fingerprint density at radius 3 is 2.55 bits per heavy atom. The van der Waals surface area contributed by atoms with Crippen molar-refractivity contribution in [1.82, 2.24) is 9.88 Å². The molecular weight excluding hydrogens is 386 g/mol. The second kappa shape index (κ2) is 7.88. The van der Waals surface area contributed by atoms with Gasteiger partial charge in [-0.25, -0.2) is 0 Å². The van der Waals surface area contributed by atoms with E-state index >= 15 is 0 Å². The number of hydrogen-bond acceptors (Lipinski definition) is 2. The lowest BCUT2D eigenvalue weighted by Gasteiger charge is -2.44. The molecule has 5 nitrogen and oxygen atoms in total. The summed E-state index contributed by atoms with van der Waals surface area (Å²) < 4.78 is 2.00. The van der Waals surface area contributed by atoms with Gasteiger partial charge in [-0.3, -0.25) is 14.5 Å². The first-order valence-corrected chi connectivity index (χ1v) is 11.0. The molecule has 0 fully saturated rings. The van der Waals surface area contributed by atoms with Crippen molar-refractivity contribution in [2.24, 2.45) is 5.92 Å². The van der Waals surface area contributed by atoms with E-state index in [-0.39, 0.29) is 11.8 Å². The monoisotopic (exact) mass is 417 g/mol. The van der Waals surface area contributed by atoms with Gasteiger partial charge in [0.1, 0.15) is 11.2 Å². The first kappa shape index (κ1) is 21.2. The van der Waals surface area contributed by atoms with E-state index in [9.17, 15) is 9.59 Å². The Morgan fingerprint density at radius 1 is 1.10 bits per heavy atom. The summed E-state index contributed by atoms with van der Waals surface area (Å²) in [5.74, 6) is 0.229. The smallest absolute Gasteiger partial charge is 0.275 e. The van der Waals surface area contributed by atoms with Crippen molar-refractivity contribution in [3.63, 3.8) is 0 Å². The summed E-state index contributed by atoms with van der Waals surface area (Å²) >= 11 is 0. The molecule has 2 heterocycles. The van der Waals surface area contributed by atoms with Crippen LogP contribution in [0.5, 0.6) is 0 Å². The van der Waals surface area contributed by atoms with Gasteiger partial charge in [0, 0.05) is 23.1 Å². The highest BCUT2D eigenvalue weighted by atomic mass is 16.2. The van der Waals surface area contributed by atoms with Crippen molar-refractivity contribution in [3.05, 3.63) is 65.4 Å². The van der Waals surface area contributed by atoms with Crippen LogP contribution in [-0.2, 0) is 11.3 Å². The fraction of sp³-hybridized carbons (Fsp3) is 0.385. The number of hydrogen-bond donors (Lipinski definition) is 1. The number of rotatable bonds is 5. The fourth-order valence-electron chi connectivity index (χ4n) is 4.38. The molecule has 1 aromatic heterocycles. The first-order chi connectivity index (χ1) is 14.7. The molecule has 0 spiro atoms. The average molecular weight is 418 g/mol. The van der Waals surface area contributed by atoms with E-state index < -0.39 is 5.54 Å². The van der Waals surface area contributed by atoms with Crippen LogP contribution in [0.3, 0.4) is 0 Å². The molecule has 162 valence electrons. The number of nitrogens with one attached hydrogen (secondary N) is 1. The molecule has 0 saturated heterocycles. The SMILES string of the molecule is Cc1ccc(N2C(=O)c3cc4ccccc4n3CC2(C)C(=O)NCCC(C)C)cc1C. The molecule has 0 aliphatic carbocycles. The van der Waals surface area contributed by atoms with Gasteiger partial charge in [-0.05, 0) is 68.5 Å². The molecular formula is C26H31N3O2. The lowest BCUT2D eigenvalue weighted by Crippen LogP contribution is -2.64. The standard InChI is InChI=1S/C26H31N3O2/c1-17(2)12-13-27-25(31)26(5)16-28-22-9-7-6-8-20(22)15-23(28)24(30)29(26)21-11-10-18(3)19(4)14-21/h6-11,14-15,17H,12-13,16H2,1-5H3,(H,27,31). The van der Waals surface area contributed by atoms with Gasteiger partial charge in [0.2, 0.25) is 5.91 Å². The second-order valence-corrected chi connectivity index (χ2v) is 9.30. The Morgan fingerprint density at radius 2 is 1.84 bits per heavy atom. The summed E-state index contributed by atoms with van der Waals surface area (Å²) in [5, 5.41) is 4.11. The number of carbonyl (C=O) groups excluding carboxylic acids is 2. The van der Waals surface area contributed by atoms with Crippen molar-refractivity contribution in [1.29, 1.82) is 0 Å². The lowest BCUT2D eigenvalue weighted by molar-refractivity contribution is -0.126. The molecule has 1 aliphatic rings. The summed E-state index contributed by atoms with van der Waals surface area (Å²) in [6.45, 7) is 11.2. The van der Waals surface area contributed by atoms with Crippen molar-refractivity contribution in [3.8, 4) is 0 Å². The highest BCUT2D eigenvalue weighted by Gasteiger charge is 2.48. The second-order valence-electron chi connectivity index (χ2n) is 9.30. The van der Waals surface area contributed by atoms with Crippen molar-refractivity contribution in [2.75, 3.05) is 11.4 Å². The molecule has 3 aromatic rings. The maximum atomic E-state index is 13.8. The molecule has 0 bridgehead atoms. The molecule has 2 amide bonds. The number of carbonyl (C=O) groups is 2. The zero-order valence-corrected chi connectivity index (χ0v) is 19.0. The van der Waals surface area contributed by atoms with Gasteiger partial charge in [0.15, 0.2) is 0 Å². The van der Waals surface area contributed by atoms with Crippen LogP contribution in [-0.4, -0.2) is 28.5 Å². The third-order valence-corrected chi connectivity index (χ3v) is 6.44. The molecule has 1 aliphatic heterocycles. The Balaban J connectivity index is 1.83. The molecule has 31 heavy (non-hydrogen) atoms. The molecule has 0 saturated carbocycles. The third kappa shape index (κ3) is 3.62. The van der Waals surface area contributed by atoms with E-state index in [1.165, 1.54) is 0 Å². The minimum absolute atomic E-state index is 0.122. The molecule has 4 rings (SSSR count). The van der Waals surface area contributed by atoms with Crippen LogP contribution in [0.25, 0.3) is 10.9 Å². The van der Waals surface area contributed by atoms with Gasteiger partial charge >= 0.3 is 0 Å². The zero-order chi connectivity index (χ0) is 22.3. The van der Waals surface area contributed by atoms with Crippen LogP contribution in [0.15, 0.2) is 48.5 Å². The number of benzene rings is 2. The van der Waals surface area contributed by atoms with E-state index in [4.69, 9.17) is 0 Å². The van der Waals surface area contributed by atoms with Gasteiger partial charge in [0.25, 0.3) is 5.91 Å². The predicted molar refractivity (Wildman–Crippen MR) is 126 cm³/mol. The van der Waals surface area contributed by atoms with Crippen LogP contribution in [0.2, 0.25) is 0 Å². The molecule has 1 unspecified atom stereocenters. The Hall–Kier alpha value is -3.08. The lowest BCUT2D eigenvalue weighted by atomic mass is 9.93. The van der Waals surface area contributed by atoms with Gasteiger partial charge < -0.3 is 9.88 Å². The van der Waals surface area contributed by atoms with Crippen molar-refractivity contribution >= 4 is 28.4 Å². The quantitative estimate of drug-likeness (QED) is 0.646. The molecule has 1 atom stereocenters. The van der Waals surface area contributed by atoms with E-state index in [2.05, 4.69) is 19.2 Å². The molecule has 2 aromatic carbocycles. The summed E-state index contributed by atoms with van der Waals surface area (Å²) in [6, 6.07) is 15.8. The summed E-state index contributed by atoms with van der Waals surface area (Å²) in [7, 11) is 0. The predicted octanol–water partition coefficient (Wildman–Crippen LogP) is 4.84. The summed E-state index contributed by atoms with van der Waals surface area (Å²) in [6.07, 6.45) is 0.900. The Bertz CT molecular complexity index is 1160. The van der Waals surface area contributed by atoms with Crippen LogP contribution in [0, 0.1) is 19.8 Å². The minimum Gasteiger partial charge on any atom is -0.354 e. The van der Waals surface area contributed by atoms with E-state index in [1.54, 1.807) is 4.90 Å². The minimum atomic E-state index is -1.04. The number of aryl methyl sites for hydroxylation is 2. The van der Waals surface area contributed by atoms with Crippen molar-refractivity contribution in [2.45, 2.75) is 53.1 Å². The summed E-state index contributed by atoms with van der Waals surface area (Å²) in [5.41, 5.74) is 3.57. The van der Waals surface area contributed by atoms with Crippen LogP contribution in [0.1, 0.15) is 48.8 Å². The Labute approximate surface area is 184 Å². The summed E-state index contributed by atoms with van der Waals surface area (Å²) in [4.78, 5) is 29.0. The highest BCUT2D eigenvalue weighted by molar-refractivity contribution is 6.14. The van der Waals surface area contributed by atoms with Gasteiger partial charge in [-0.15, -0.1) is 0 Å². The maximum absolute atomic E-state index is 13.8. The van der Waals surface area contributed by atoms with Crippen LogP contribution < -0.4 is 10.2 Å². The molecule has 1 N–H and O–H groups in total. The van der Waals surface area contributed by atoms with E-state index in [0.717, 1.165) is 34.1 Å². The number of amides is 2.